The van der Waals surface area contributed by atoms with Crippen molar-refractivity contribution < 1.29 is 24.5 Å². The molecule has 0 rings (SSSR count). The summed E-state index contributed by atoms with van der Waals surface area (Å²) in [5, 5.41) is 23.2. The summed E-state index contributed by atoms with van der Waals surface area (Å²) in [7, 11) is 0. The highest BCUT2D eigenvalue weighted by Crippen LogP contribution is 2.18. The van der Waals surface area contributed by atoms with E-state index in [9.17, 15) is 19.8 Å². The third kappa shape index (κ3) is 52.0. The van der Waals surface area contributed by atoms with E-state index in [0.717, 1.165) is 44.9 Å². The zero-order valence-corrected chi connectivity index (χ0v) is 44.7. The van der Waals surface area contributed by atoms with Crippen LogP contribution in [0.5, 0.6) is 0 Å². The van der Waals surface area contributed by atoms with Crippen molar-refractivity contribution in [2.24, 2.45) is 0 Å². The molecule has 6 nitrogen and oxygen atoms in total. The van der Waals surface area contributed by atoms with Crippen molar-refractivity contribution in [3.8, 4) is 0 Å². The van der Waals surface area contributed by atoms with Crippen LogP contribution in [-0.2, 0) is 14.3 Å². The van der Waals surface area contributed by atoms with Crippen molar-refractivity contribution in [2.45, 2.75) is 347 Å². The second-order valence-electron chi connectivity index (χ2n) is 20.7. The number of nitrogens with one attached hydrogen (secondary N) is 1. The molecule has 0 aromatic carbocycles. The number of amides is 1. The predicted molar refractivity (Wildman–Crippen MR) is 287 cm³/mol. The smallest absolute Gasteiger partial charge is 0.305 e. The highest BCUT2D eigenvalue weighted by molar-refractivity contribution is 5.76. The molecule has 1 amide bonds. The van der Waals surface area contributed by atoms with Crippen LogP contribution in [0, 0.1) is 0 Å². The van der Waals surface area contributed by atoms with E-state index in [-0.39, 0.29) is 18.5 Å². The summed E-state index contributed by atoms with van der Waals surface area (Å²) in [6, 6.07) is -0.543. The Morgan fingerprint density at radius 2 is 0.712 bits per heavy atom. The van der Waals surface area contributed by atoms with Gasteiger partial charge in [0.15, 0.2) is 0 Å². The minimum absolute atomic E-state index is 0.00750. The van der Waals surface area contributed by atoms with E-state index < -0.39 is 12.1 Å². The van der Waals surface area contributed by atoms with Gasteiger partial charge in [-0.25, -0.2) is 0 Å². The summed E-state index contributed by atoms with van der Waals surface area (Å²) in [6.45, 7) is 4.95. The van der Waals surface area contributed by atoms with Crippen LogP contribution in [0.15, 0.2) is 12.2 Å². The molecule has 2 atom stereocenters. The van der Waals surface area contributed by atoms with Crippen molar-refractivity contribution in [1.29, 1.82) is 0 Å². The molecule has 0 aliphatic heterocycles. The maximum Gasteiger partial charge on any atom is 0.305 e. The fraction of sp³-hybridized carbons (Fsp3) is 0.933. The molecule has 66 heavy (non-hydrogen) atoms. The van der Waals surface area contributed by atoms with Gasteiger partial charge in [0, 0.05) is 12.8 Å². The number of hydrogen-bond acceptors (Lipinski definition) is 5. The molecule has 0 saturated heterocycles. The van der Waals surface area contributed by atoms with E-state index in [1.807, 2.05) is 0 Å². The average molecular weight is 933 g/mol. The topological polar surface area (TPSA) is 95.9 Å². The Bertz CT molecular complexity index is 986. The van der Waals surface area contributed by atoms with E-state index in [2.05, 4.69) is 31.3 Å². The van der Waals surface area contributed by atoms with Gasteiger partial charge < -0.3 is 20.3 Å². The molecule has 6 heteroatoms. The normalized spacial score (nSPS) is 12.6. The van der Waals surface area contributed by atoms with Gasteiger partial charge >= 0.3 is 5.97 Å². The van der Waals surface area contributed by atoms with Gasteiger partial charge in [-0.1, -0.05) is 283 Å². The quantitative estimate of drug-likeness (QED) is 0.0321. The van der Waals surface area contributed by atoms with Crippen LogP contribution in [0.1, 0.15) is 335 Å². The van der Waals surface area contributed by atoms with Crippen LogP contribution in [0.4, 0.5) is 0 Å². The number of aliphatic hydroxyl groups is 2. The summed E-state index contributed by atoms with van der Waals surface area (Å²) in [5.41, 5.74) is 0. The van der Waals surface area contributed by atoms with E-state index in [1.165, 1.54) is 257 Å². The van der Waals surface area contributed by atoms with E-state index in [1.54, 1.807) is 0 Å². The second kappa shape index (κ2) is 56.2. The van der Waals surface area contributed by atoms with Crippen LogP contribution in [-0.4, -0.2) is 47.4 Å². The number of hydrogen-bond donors (Lipinski definition) is 3. The van der Waals surface area contributed by atoms with Gasteiger partial charge in [-0.15, -0.1) is 0 Å². The first-order chi connectivity index (χ1) is 32.5. The highest BCUT2D eigenvalue weighted by atomic mass is 16.5. The molecular weight excluding hydrogens is 815 g/mol. The minimum Gasteiger partial charge on any atom is -0.466 e. The molecular formula is C60H117NO5. The number of carbonyl (C=O) groups is 2. The zero-order chi connectivity index (χ0) is 47.9. The molecule has 3 N–H and O–H groups in total. The standard InChI is InChI=1S/C60H117NO5/c1-3-5-7-9-11-13-15-17-18-19-20-24-27-30-34-38-42-46-50-54-60(65)66-55-51-47-43-39-35-31-28-25-22-21-23-26-29-33-37-41-45-49-53-59(64)61-57(56-62)58(63)52-48-44-40-36-32-16-14-12-10-8-6-4-2/h17-18,57-58,62-63H,3-16,19-56H2,1-2H3,(H,61,64)/b18-17-. The number of unbranched alkanes of at least 4 members (excludes halogenated alkanes) is 43. The molecule has 0 spiro atoms. The van der Waals surface area contributed by atoms with Crippen LogP contribution in [0.25, 0.3) is 0 Å². The Morgan fingerprint density at radius 1 is 0.409 bits per heavy atom. The summed E-state index contributed by atoms with van der Waals surface area (Å²) in [5.74, 6) is -0.0306. The molecule has 0 saturated carbocycles. The van der Waals surface area contributed by atoms with Gasteiger partial charge in [0.05, 0.1) is 25.4 Å². The van der Waals surface area contributed by atoms with Crippen molar-refractivity contribution in [1.82, 2.24) is 5.32 Å². The minimum atomic E-state index is -0.665. The SMILES string of the molecule is CCCCCCCC/C=C\CCCCCCCCCCCC(=O)OCCCCCCCCCCCCCCCCCCCCC(=O)NC(CO)C(O)CCCCCCCCCCCCCC. The largest absolute Gasteiger partial charge is 0.466 e. The Labute approximate surface area is 412 Å². The van der Waals surface area contributed by atoms with Crippen molar-refractivity contribution in [2.75, 3.05) is 13.2 Å². The summed E-state index contributed by atoms with van der Waals surface area (Å²) < 4.78 is 5.49. The van der Waals surface area contributed by atoms with Crippen molar-refractivity contribution in [3.05, 3.63) is 12.2 Å². The highest BCUT2D eigenvalue weighted by Gasteiger charge is 2.20. The van der Waals surface area contributed by atoms with Crippen LogP contribution >= 0.6 is 0 Å². The Balaban J connectivity index is 3.37. The molecule has 0 bridgehead atoms. The van der Waals surface area contributed by atoms with Gasteiger partial charge in [-0.2, -0.15) is 0 Å². The van der Waals surface area contributed by atoms with Crippen molar-refractivity contribution >= 4 is 11.9 Å². The lowest BCUT2D eigenvalue weighted by atomic mass is 10.0. The van der Waals surface area contributed by atoms with Gasteiger partial charge in [-0.05, 0) is 51.4 Å². The monoisotopic (exact) mass is 932 g/mol. The van der Waals surface area contributed by atoms with E-state index in [4.69, 9.17) is 4.74 Å². The lowest BCUT2D eigenvalue weighted by Gasteiger charge is -2.22. The average Bonchev–Trinajstić information content (AvgIpc) is 3.32. The number of allylic oxidation sites excluding steroid dienone is 2. The number of rotatable bonds is 56. The van der Waals surface area contributed by atoms with Crippen molar-refractivity contribution in [3.63, 3.8) is 0 Å². The number of aliphatic hydroxyl groups excluding tert-OH is 2. The Hall–Kier alpha value is -1.40. The Morgan fingerprint density at radius 3 is 1.08 bits per heavy atom. The number of esters is 1. The molecule has 0 aromatic heterocycles. The van der Waals surface area contributed by atoms with Gasteiger partial charge in [0.2, 0.25) is 5.91 Å². The van der Waals surface area contributed by atoms with Gasteiger partial charge in [0.1, 0.15) is 0 Å². The third-order valence-corrected chi connectivity index (χ3v) is 14.1. The first-order valence-electron chi connectivity index (χ1n) is 29.9. The lowest BCUT2D eigenvalue weighted by Crippen LogP contribution is -2.45. The van der Waals surface area contributed by atoms with Crippen LogP contribution in [0.3, 0.4) is 0 Å². The lowest BCUT2D eigenvalue weighted by molar-refractivity contribution is -0.143. The van der Waals surface area contributed by atoms with Gasteiger partial charge in [0.25, 0.3) is 0 Å². The predicted octanol–water partition coefficient (Wildman–Crippen LogP) is 18.5. The molecule has 2 unspecified atom stereocenters. The fourth-order valence-corrected chi connectivity index (χ4v) is 9.46. The molecule has 0 heterocycles. The maximum atomic E-state index is 12.4. The molecule has 0 aromatic rings. The summed E-state index contributed by atoms with van der Waals surface area (Å²) in [6.07, 6.45) is 66.4. The fourth-order valence-electron chi connectivity index (χ4n) is 9.46. The maximum absolute atomic E-state index is 12.4. The van der Waals surface area contributed by atoms with Crippen LogP contribution in [0.2, 0.25) is 0 Å². The van der Waals surface area contributed by atoms with Crippen LogP contribution < -0.4 is 5.32 Å². The van der Waals surface area contributed by atoms with E-state index in [0.29, 0.717) is 25.9 Å². The third-order valence-electron chi connectivity index (χ3n) is 14.1. The number of ether oxygens (including phenoxy) is 1. The van der Waals surface area contributed by atoms with Gasteiger partial charge in [-0.3, -0.25) is 9.59 Å². The summed E-state index contributed by atoms with van der Waals surface area (Å²) in [4.78, 5) is 24.5. The molecule has 392 valence electrons. The first kappa shape index (κ1) is 64.6. The zero-order valence-electron chi connectivity index (χ0n) is 44.7. The summed E-state index contributed by atoms with van der Waals surface area (Å²) >= 11 is 0. The first-order valence-corrected chi connectivity index (χ1v) is 29.9. The second-order valence-corrected chi connectivity index (χ2v) is 20.7. The molecule has 0 radical (unpaired) electrons. The number of carbonyl (C=O) groups excluding carboxylic acids is 2. The molecule has 0 aliphatic carbocycles. The van der Waals surface area contributed by atoms with E-state index >= 15 is 0 Å². The molecule has 0 aliphatic rings. The Kier molecular flexibility index (Phi) is 55.0. The molecule has 0 fully saturated rings.